The Balaban J connectivity index is 1.86. The van der Waals surface area contributed by atoms with Gasteiger partial charge in [-0.3, -0.25) is 4.79 Å². The van der Waals surface area contributed by atoms with Gasteiger partial charge in [-0.05, 0) is 30.5 Å². The molecule has 1 aliphatic carbocycles. The SMILES string of the molecule is COc1cc(CNC(=O)C2CC2)ccc1-c1cc(N)nn1C(=O)O. The van der Waals surface area contributed by atoms with Gasteiger partial charge in [-0.2, -0.15) is 4.68 Å². The summed E-state index contributed by atoms with van der Waals surface area (Å²) in [5, 5.41) is 15.8. The van der Waals surface area contributed by atoms with Gasteiger partial charge in [0, 0.05) is 24.1 Å². The largest absolute Gasteiger partial charge is 0.496 e. The molecule has 2 aromatic rings. The first-order chi connectivity index (χ1) is 11.5. The third kappa shape index (κ3) is 3.17. The number of nitrogens with two attached hydrogens (primary N) is 1. The van der Waals surface area contributed by atoms with Gasteiger partial charge in [0.1, 0.15) is 11.6 Å². The van der Waals surface area contributed by atoms with Crippen LogP contribution >= 0.6 is 0 Å². The fraction of sp³-hybridized carbons (Fsp3) is 0.312. The van der Waals surface area contributed by atoms with Gasteiger partial charge in [-0.1, -0.05) is 6.07 Å². The summed E-state index contributed by atoms with van der Waals surface area (Å²) in [5.74, 6) is 0.805. The zero-order valence-corrected chi connectivity index (χ0v) is 13.2. The second kappa shape index (κ2) is 6.23. The van der Waals surface area contributed by atoms with Gasteiger partial charge in [0.2, 0.25) is 5.91 Å². The van der Waals surface area contributed by atoms with Crippen LogP contribution in [0.4, 0.5) is 10.6 Å². The Labute approximate surface area is 138 Å². The topological polar surface area (TPSA) is 119 Å². The highest BCUT2D eigenvalue weighted by atomic mass is 16.5. The summed E-state index contributed by atoms with van der Waals surface area (Å²) in [5.41, 5.74) is 7.35. The lowest BCUT2D eigenvalue weighted by Crippen LogP contribution is -2.24. The van der Waals surface area contributed by atoms with Crippen molar-refractivity contribution in [2.45, 2.75) is 19.4 Å². The fourth-order valence-corrected chi connectivity index (χ4v) is 2.47. The molecule has 0 bridgehead atoms. The van der Waals surface area contributed by atoms with Gasteiger partial charge < -0.3 is 20.9 Å². The summed E-state index contributed by atoms with van der Waals surface area (Å²) in [6, 6.07) is 6.77. The number of methoxy groups -OCH3 is 1. The van der Waals surface area contributed by atoms with Crippen LogP contribution in [0.3, 0.4) is 0 Å². The van der Waals surface area contributed by atoms with Crippen LogP contribution in [0.2, 0.25) is 0 Å². The Kier molecular flexibility index (Phi) is 4.11. The molecule has 0 atom stereocenters. The van der Waals surface area contributed by atoms with Crippen LogP contribution in [-0.2, 0) is 11.3 Å². The minimum atomic E-state index is -1.23. The first kappa shape index (κ1) is 15.9. The molecule has 1 amide bonds. The van der Waals surface area contributed by atoms with Crippen molar-refractivity contribution < 1.29 is 19.4 Å². The predicted octanol–water partition coefficient (Wildman–Crippen LogP) is 1.69. The Morgan fingerprint density at radius 3 is 2.79 bits per heavy atom. The monoisotopic (exact) mass is 330 g/mol. The number of carboxylic acid groups (broad SMARTS) is 1. The number of amides is 1. The maximum atomic E-state index is 11.7. The molecule has 1 aliphatic rings. The van der Waals surface area contributed by atoms with Crippen molar-refractivity contribution in [3.8, 4) is 17.0 Å². The number of carbonyl (C=O) groups is 2. The maximum absolute atomic E-state index is 11.7. The van der Waals surface area contributed by atoms with Crippen LogP contribution in [0.15, 0.2) is 24.3 Å². The molecule has 0 radical (unpaired) electrons. The first-order valence-corrected chi connectivity index (χ1v) is 7.53. The molecule has 3 rings (SSSR count). The molecule has 8 nitrogen and oxygen atoms in total. The molecule has 0 saturated heterocycles. The predicted molar refractivity (Wildman–Crippen MR) is 86.6 cm³/mol. The van der Waals surface area contributed by atoms with Crippen molar-refractivity contribution in [2.75, 3.05) is 12.8 Å². The summed E-state index contributed by atoms with van der Waals surface area (Å²) in [6.07, 6.45) is 0.674. The molecular formula is C16H18N4O4. The second-order valence-electron chi connectivity index (χ2n) is 5.68. The summed E-state index contributed by atoms with van der Waals surface area (Å²) >= 11 is 0. The molecule has 1 heterocycles. The first-order valence-electron chi connectivity index (χ1n) is 7.53. The Morgan fingerprint density at radius 2 is 2.17 bits per heavy atom. The molecule has 8 heteroatoms. The molecule has 1 aromatic carbocycles. The third-order valence-electron chi connectivity index (χ3n) is 3.87. The third-order valence-corrected chi connectivity index (χ3v) is 3.87. The van der Waals surface area contributed by atoms with Crippen LogP contribution in [-0.4, -0.2) is 34.0 Å². The molecule has 24 heavy (non-hydrogen) atoms. The number of anilines is 1. The van der Waals surface area contributed by atoms with Gasteiger partial charge in [0.05, 0.1) is 12.8 Å². The number of carbonyl (C=O) groups excluding carboxylic acids is 1. The van der Waals surface area contributed by atoms with E-state index in [0.29, 0.717) is 23.6 Å². The van der Waals surface area contributed by atoms with E-state index in [1.165, 1.54) is 13.2 Å². The lowest BCUT2D eigenvalue weighted by Gasteiger charge is -2.11. The van der Waals surface area contributed by atoms with E-state index in [1.54, 1.807) is 18.2 Å². The van der Waals surface area contributed by atoms with E-state index in [4.69, 9.17) is 10.5 Å². The Hall–Kier alpha value is -3.03. The molecule has 1 fully saturated rings. The highest BCUT2D eigenvalue weighted by Crippen LogP contribution is 2.32. The summed E-state index contributed by atoms with van der Waals surface area (Å²) < 4.78 is 6.17. The highest BCUT2D eigenvalue weighted by Gasteiger charge is 2.29. The van der Waals surface area contributed by atoms with Crippen LogP contribution in [0.5, 0.6) is 5.75 Å². The number of rotatable bonds is 5. The van der Waals surface area contributed by atoms with Crippen molar-refractivity contribution >= 4 is 17.8 Å². The van der Waals surface area contributed by atoms with E-state index in [2.05, 4.69) is 10.4 Å². The number of aromatic nitrogens is 2. The summed E-state index contributed by atoms with van der Waals surface area (Å²) in [4.78, 5) is 23.0. The van der Waals surface area contributed by atoms with Crippen molar-refractivity contribution in [3.05, 3.63) is 29.8 Å². The summed E-state index contributed by atoms with van der Waals surface area (Å²) in [7, 11) is 1.50. The number of hydrogen-bond donors (Lipinski definition) is 3. The molecular weight excluding hydrogens is 312 g/mol. The zero-order chi connectivity index (χ0) is 17.3. The van der Waals surface area contributed by atoms with E-state index in [-0.39, 0.29) is 17.6 Å². The number of nitrogens with one attached hydrogen (secondary N) is 1. The number of ether oxygens (including phenoxy) is 1. The number of nitrogen functional groups attached to an aromatic ring is 1. The van der Waals surface area contributed by atoms with Gasteiger partial charge in [-0.25, -0.2) is 4.79 Å². The lowest BCUT2D eigenvalue weighted by molar-refractivity contribution is -0.122. The molecule has 0 spiro atoms. The van der Waals surface area contributed by atoms with E-state index in [0.717, 1.165) is 23.1 Å². The average Bonchev–Trinajstić information content (AvgIpc) is 3.34. The zero-order valence-electron chi connectivity index (χ0n) is 13.2. The highest BCUT2D eigenvalue weighted by molar-refractivity contribution is 5.81. The number of benzene rings is 1. The summed E-state index contributed by atoms with van der Waals surface area (Å²) in [6.45, 7) is 0.395. The minimum Gasteiger partial charge on any atom is -0.496 e. The van der Waals surface area contributed by atoms with Gasteiger partial charge >= 0.3 is 6.09 Å². The van der Waals surface area contributed by atoms with Crippen molar-refractivity contribution in [1.82, 2.24) is 15.1 Å². The van der Waals surface area contributed by atoms with Crippen LogP contribution in [0, 0.1) is 5.92 Å². The second-order valence-corrected chi connectivity index (χ2v) is 5.68. The molecule has 0 unspecified atom stereocenters. The van der Waals surface area contributed by atoms with Crippen LogP contribution in [0.1, 0.15) is 18.4 Å². The van der Waals surface area contributed by atoms with Gasteiger partial charge in [-0.15, -0.1) is 5.10 Å². The smallest absolute Gasteiger partial charge is 0.432 e. The standard InChI is InChI=1S/C16H18N4O4/c1-24-13-6-9(8-18-15(21)10-3-4-10)2-5-11(13)12-7-14(17)19-20(12)16(22)23/h2,5-7,10H,3-4,8H2,1H3,(H2,17,19)(H,18,21)(H,22,23). The Morgan fingerprint density at radius 1 is 1.42 bits per heavy atom. The fourth-order valence-electron chi connectivity index (χ4n) is 2.47. The normalized spacial score (nSPS) is 13.5. The van der Waals surface area contributed by atoms with Crippen LogP contribution in [0.25, 0.3) is 11.3 Å². The molecule has 1 aromatic heterocycles. The molecule has 126 valence electrons. The average molecular weight is 330 g/mol. The number of hydrogen-bond acceptors (Lipinski definition) is 5. The maximum Gasteiger partial charge on any atom is 0.432 e. The van der Waals surface area contributed by atoms with E-state index in [9.17, 15) is 14.7 Å². The van der Waals surface area contributed by atoms with Crippen LogP contribution < -0.4 is 15.8 Å². The minimum absolute atomic E-state index is 0.0646. The van der Waals surface area contributed by atoms with Gasteiger partial charge in [0.25, 0.3) is 0 Å². The quantitative estimate of drug-likeness (QED) is 0.767. The number of nitrogens with zero attached hydrogens (tertiary/aromatic N) is 2. The van der Waals surface area contributed by atoms with E-state index < -0.39 is 6.09 Å². The van der Waals surface area contributed by atoms with E-state index >= 15 is 0 Å². The van der Waals surface area contributed by atoms with Crippen molar-refractivity contribution in [2.24, 2.45) is 5.92 Å². The molecule has 4 N–H and O–H groups in total. The molecule has 1 saturated carbocycles. The van der Waals surface area contributed by atoms with Crippen molar-refractivity contribution in [1.29, 1.82) is 0 Å². The Bertz CT molecular complexity index is 795. The van der Waals surface area contributed by atoms with E-state index in [1.807, 2.05) is 0 Å². The van der Waals surface area contributed by atoms with Gasteiger partial charge in [0.15, 0.2) is 0 Å². The molecule has 0 aliphatic heterocycles. The van der Waals surface area contributed by atoms with Crippen molar-refractivity contribution in [3.63, 3.8) is 0 Å². The lowest BCUT2D eigenvalue weighted by atomic mass is 10.1.